The van der Waals surface area contributed by atoms with Gasteiger partial charge >= 0.3 is 0 Å². The summed E-state index contributed by atoms with van der Waals surface area (Å²) in [6.07, 6.45) is 0.534. The summed E-state index contributed by atoms with van der Waals surface area (Å²) in [5.41, 5.74) is 2.27. The molecule has 8 heteroatoms. The Morgan fingerprint density at radius 3 is 2.59 bits per heavy atom. The minimum absolute atomic E-state index is 0.0336. The molecule has 2 heterocycles. The number of benzene rings is 2. The zero-order chi connectivity index (χ0) is 20.4. The molecule has 1 aliphatic rings. The Kier molecular flexibility index (Phi) is 5.93. The van der Waals surface area contributed by atoms with Gasteiger partial charge in [-0.15, -0.1) is 0 Å². The van der Waals surface area contributed by atoms with Crippen molar-refractivity contribution in [3.05, 3.63) is 73.2 Å². The van der Waals surface area contributed by atoms with E-state index in [4.69, 9.17) is 4.84 Å². The lowest BCUT2D eigenvalue weighted by Crippen LogP contribution is -2.48. The van der Waals surface area contributed by atoms with Crippen molar-refractivity contribution in [2.24, 2.45) is 0 Å². The molecule has 29 heavy (non-hydrogen) atoms. The summed E-state index contributed by atoms with van der Waals surface area (Å²) in [7, 11) is 1.65. The summed E-state index contributed by atoms with van der Waals surface area (Å²) in [5.74, 6) is 0.0336. The van der Waals surface area contributed by atoms with Gasteiger partial charge in [-0.25, -0.2) is 5.10 Å². The second kappa shape index (κ2) is 8.60. The van der Waals surface area contributed by atoms with E-state index in [9.17, 15) is 9.59 Å². The van der Waals surface area contributed by atoms with Gasteiger partial charge in [0, 0.05) is 41.6 Å². The number of fused-ring (bicyclic) bond motifs is 1. The Balaban J connectivity index is 1.60. The van der Waals surface area contributed by atoms with Crippen LogP contribution in [0.5, 0.6) is 0 Å². The number of rotatable bonds is 4. The zero-order valence-corrected chi connectivity index (χ0v) is 18.2. The summed E-state index contributed by atoms with van der Waals surface area (Å²) < 4.78 is 0.921. The number of nitrogens with one attached hydrogen (secondary N) is 1. The maximum atomic E-state index is 13.1. The van der Waals surface area contributed by atoms with E-state index >= 15 is 0 Å². The molecular formula is C21H21IN4O3. The van der Waals surface area contributed by atoms with Gasteiger partial charge in [-0.05, 0) is 46.4 Å². The first-order valence-corrected chi connectivity index (χ1v) is 10.5. The van der Waals surface area contributed by atoms with E-state index in [2.05, 4.69) is 32.8 Å². The first kappa shape index (κ1) is 20.0. The highest BCUT2D eigenvalue weighted by Gasteiger charge is 2.23. The van der Waals surface area contributed by atoms with E-state index in [-0.39, 0.29) is 11.5 Å². The predicted octanol–water partition coefficient (Wildman–Crippen LogP) is 2.44. The third-order valence-corrected chi connectivity index (χ3v) is 6.13. The topological polar surface area (TPSA) is 78.5 Å². The second-order valence-electron chi connectivity index (χ2n) is 6.94. The third-order valence-electron chi connectivity index (χ3n) is 5.19. The molecule has 0 radical (unpaired) electrons. The Morgan fingerprint density at radius 1 is 1.14 bits per heavy atom. The average Bonchev–Trinajstić information content (AvgIpc) is 2.77. The minimum atomic E-state index is -0.196. The maximum Gasteiger partial charge on any atom is 0.272 e. The summed E-state index contributed by atoms with van der Waals surface area (Å²) in [5, 5.41) is 10.1. The van der Waals surface area contributed by atoms with Gasteiger partial charge in [-0.3, -0.25) is 9.59 Å². The molecule has 2 aromatic carbocycles. The molecular weight excluding hydrogens is 479 g/mol. The molecule has 0 spiro atoms. The van der Waals surface area contributed by atoms with Crippen LogP contribution < -0.4 is 5.56 Å². The van der Waals surface area contributed by atoms with Crippen molar-refractivity contribution < 1.29 is 9.63 Å². The van der Waals surface area contributed by atoms with Crippen LogP contribution in [0, 0.1) is 3.57 Å². The molecule has 0 unspecified atom stereocenters. The van der Waals surface area contributed by atoms with Gasteiger partial charge in [0.1, 0.15) is 0 Å². The van der Waals surface area contributed by atoms with Gasteiger partial charge in [0.15, 0.2) is 0 Å². The Bertz CT molecular complexity index is 1110. The van der Waals surface area contributed by atoms with Crippen LogP contribution in [0.1, 0.15) is 21.6 Å². The number of carbonyl (C=O) groups excluding carboxylic acids is 1. The third kappa shape index (κ3) is 4.19. The molecule has 1 aliphatic heterocycles. The lowest BCUT2D eigenvalue weighted by atomic mass is 10.0. The summed E-state index contributed by atoms with van der Waals surface area (Å²) in [6, 6.07) is 13.3. The van der Waals surface area contributed by atoms with Crippen LogP contribution >= 0.6 is 22.6 Å². The van der Waals surface area contributed by atoms with Crippen LogP contribution in [0.3, 0.4) is 0 Å². The Morgan fingerprint density at radius 2 is 1.86 bits per heavy atom. The highest BCUT2D eigenvalue weighted by molar-refractivity contribution is 14.1. The van der Waals surface area contributed by atoms with Crippen LogP contribution in [0.2, 0.25) is 0 Å². The summed E-state index contributed by atoms with van der Waals surface area (Å²) in [4.78, 5) is 32.2. The van der Waals surface area contributed by atoms with Crippen molar-refractivity contribution in [2.45, 2.75) is 6.42 Å². The fraction of sp³-hybridized carbons (Fsp3) is 0.286. The molecule has 1 aromatic heterocycles. The van der Waals surface area contributed by atoms with Crippen LogP contribution in [-0.4, -0.2) is 59.4 Å². The molecule has 4 rings (SSSR count). The number of aromatic nitrogens is 2. The molecule has 3 aromatic rings. The standard InChI is InChI=1S/C21H21IN4O3/c1-29-26-10-8-25(9-11-26)21(28)17-12-14(6-7-18(17)22)13-19-15-4-2-3-5-16(15)20(27)24-23-19/h2-7,12H,8-11,13H2,1H3,(H,24,27)/i22-4. The van der Waals surface area contributed by atoms with Crippen LogP contribution in [-0.2, 0) is 11.3 Å². The number of halogens is 1. The molecule has 7 nitrogen and oxygen atoms in total. The largest absolute Gasteiger partial charge is 0.336 e. The van der Waals surface area contributed by atoms with Gasteiger partial charge in [0.05, 0.1) is 23.8 Å². The number of piperazine rings is 1. The summed E-state index contributed by atoms with van der Waals surface area (Å²) >= 11 is 2.20. The predicted molar refractivity (Wildman–Crippen MR) is 119 cm³/mol. The molecule has 150 valence electrons. The van der Waals surface area contributed by atoms with Gasteiger partial charge in [0.25, 0.3) is 11.5 Å². The van der Waals surface area contributed by atoms with Crippen molar-refractivity contribution in [1.82, 2.24) is 20.2 Å². The van der Waals surface area contributed by atoms with Crippen molar-refractivity contribution in [2.75, 3.05) is 33.3 Å². The van der Waals surface area contributed by atoms with E-state index < -0.39 is 0 Å². The average molecular weight is 500 g/mol. The highest BCUT2D eigenvalue weighted by atomic mass is 123. The van der Waals surface area contributed by atoms with E-state index in [0.717, 1.165) is 20.2 Å². The van der Waals surface area contributed by atoms with Crippen LogP contribution in [0.15, 0.2) is 47.3 Å². The van der Waals surface area contributed by atoms with Gasteiger partial charge in [0.2, 0.25) is 0 Å². The molecule has 0 atom stereocenters. The number of hydrogen-bond acceptors (Lipinski definition) is 5. The monoisotopic (exact) mass is 500 g/mol. The Hall–Kier alpha value is -2.30. The second-order valence-corrected chi connectivity index (χ2v) is 8.10. The lowest BCUT2D eigenvalue weighted by molar-refractivity contribution is -0.147. The van der Waals surface area contributed by atoms with Crippen molar-refractivity contribution in [3.63, 3.8) is 0 Å². The SMILES string of the molecule is CON1CCN(C(=O)c2cc(Cc3n[nH]c(=O)c4ccccc34)ccc2[123I])CC1. The molecule has 0 bridgehead atoms. The quantitative estimate of drug-likeness (QED) is 0.557. The van der Waals surface area contributed by atoms with Gasteiger partial charge < -0.3 is 9.74 Å². The van der Waals surface area contributed by atoms with Crippen molar-refractivity contribution in [3.8, 4) is 0 Å². The fourth-order valence-electron chi connectivity index (χ4n) is 3.59. The van der Waals surface area contributed by atoms with Gasteiger partial charge in [-0.1, -0.05) is 24.3 Å². The highest BCUT2D eigenvalue weighted by Crippen LogP contribution is 2.21. The summed E-state index contributed by atoms with van der Waals surface area (Å²) in [6.45, 7) is 2.68. The van der Waals surface area contributed by atoms with Crippen molar-refractivity contribution >= 4 is 39.3 Å². The number of hydroxylamine groups is 2. The smallest absolute Gasteiger partial charge is 0.272 e. The first-order valence-electron chi connectivity index (χ1n) is 9.40. The van der Waals surface area contributed by atoms with E-state index in [1.165, 1.54) is 0 Å². The van der Waals surface area contributed by atoms with E-state index in [1.807, 2.05) is 46.4 Å². The van der Waals surface area contributed by atoms with Crippen molar-refractivity contribution in [1.29, 1.82) is 0 Å². The molecule has 1 fully saturated rings. The maximum absolute atomic E-state index is 13.1. The van der Waals surface area contributed by atoms with Gasteiger partial charge in [-0.2, -0.15) is 10.2 Å². The number of nitrogens with zero attached hydrogens (tertiary/aromatic N) is 3. The molecule has 1 N–H and O–H groups in total. The Labute approximate surface area is 181 Å². The van der Waals surface area contributed by atoms with E-state index in [1.54, 1.807) is 13.2 Å². The number of H-pyrrole nitrogens is 1. The first-order chi connectivity index (χ1) is 14.1. The molecule has 1 saturated heterocycles. The number of aromatic amines is 1. The number of amides is 1. The minimum Gasteiger partial charge on any atom is -0.336 e. The zero-order valence-electron chi connectivity index (χ0n) is 16.0. The normalized spacial score (nSPS) is 15.0. The number of carbonyl (C=O) groups is 1. The molecule has 0 saturated carbocycles. The molecule has 1 amide bonds. The lowest BCUT2D eigenvalue weighted by Gasteiger charge is -2.33. The van der Waals surface area contributed by atoms with E-state index in [0.29, 0.717) is 43.5 Å². The fourth-order valence-corrected chi connectivity index (χ4v) is 4.16. The number of hydrogen-bond donors (Lipinski definition) is 1. The van der Waals surface area contributed by atoms with Crippen LogP contribution in [0.25, 0.3) is 10.8 Å². The van der Waals surface area contributed by atoms with Crippen LogP contribution in [0.4, 0.5) is 0 Å². The molecule has 0 aliphatic carbocycles.